The lowest BCUT2D eigenvalue weighted by molar-refractivity contribution is -0.151. The van der Waals surface area contributed by atoms with Crippen LogP contribution in [0, 0.1) is 0 Å². The van der Waals surface area contributed by atoms with Gasteiger partial charge >= 0.3 is 17.9 Å². The van der Waals surface area contributed by atoms with Crippen molar-refractivity contribution < 1.29 is 43.3 Å². The lowest BCUT2D eigenvalue weighted by Gasteiger charge is -2.27. The summed E-state index contributed by atoms with van der Waals surface area (Å²) in [5.41, 5.74) is 19.6. The summed E-state index contributed by atoms with van der Waals surface area (Å²) in [6.45, 7) is 4.04. The Morgan fingerprint density at radius 3 is 1.16 bits per heavy atom. The average molecular weight is 1160 g/mol. The molecule has 0 atom stereocenters. The number of ether oxygens (including phenoxy) is 2. The highest BCUT2D eigenvalue weighted by molar-refractivity contribution is 6.39. The van der Waals surface area contributed by atoms with Crippen LogP contribution in [0.4, 0.5) is 11.6 Å². The number of aliphatic carboxylic acids is 1. The summed E-state index contributed by atoms with van der Waals surface area (Å²) in [5.74, 6) is -2.83. The predicted octanol–water partition coefficient (Wildman–Crippen LogP) is 8.47. The molecule has 0 bridgehead atoms. The van der Waals surface area contributed by atoms with Crippen LogP contribution >= 0.6 is 46.4 Å². The molecule has 12 N–H and O–H groups in total. The fraction of sp³-hybridized carbons (Fsp3) is 0.352. The van der Waals surface area contributed by atoms with Gasteiger partial charge in [-0.15, -0.1) is 0 Å². The van der Waals surface area contributed by atoms with Gasteiger partial charge in [0.15, 0.2) is 23.6 Å². The highest BCUT2D eigenvalue weighted by atomic mass is 35.5. The molecular formula is C54H58Cl4N12O9. The zero-order valence-electron chi connectivity index (χ0n) is 43.1. The lowest BCUT2D eigenvalue weighted by atomic mass is 9.96. The van der Waals surface area contributed by atoms with Crippen LogP contribution in [-0.2, 0) is 23.9 Å². The van der Waals surface area contributed by atoms with Crippen molar-refractivity contribution in [3.8, 4) is 0 Å². The number of carboxylic acids is 1. The van der Waals surface area contributed by atoms with Crippen LogP contribution in [0.3, 0.4) is 0 Å². The van der Waals surface area contributed by atoms with E-state index in [2.05, 4.69) is 40.9 Å². The fourth-order valence-electron chi connectivity index (χ4n) is 9.91. The first kappa shape index (κ1) is 59.1. The Balaban J connectivity index is 0.000000172. The number of hydrogen-bond donors (Lipinski definition) is 8. The molecule has 3 amide bonds. The number of halogens is 4. The molecule has 416 valence electrons. The summed E-state index contributed by atoms with van der Waals surface area (Å²) in [5, 5.41) is 23.1. The molecule has 6 aromatic rings. The maximum Gasteiger partial charge on any atom is 0.331 e. The average Bonchev–Trinajstić information content (AvgIpc) is 4.27. The zero-order valence-corrected chi connectivity index (χ0v) is 46.1. The number of aliphatic imine (C=N–C) groups is 2. The van der Waals surface area contributed by atoms with E-state index in [1.807, 2.05) is 0 Å². The standard InChI is InChI=1S/C19H22ClN5O3.C18H18Cl2N2O3.C17H18ClN5O3/c1-2-28-17(27)19(7-3-4-8-19)25-16(26)11-5-6-12-13(9-11)15(24-18(21)22)23-10-14(12)20;1-2-25-17(24)18(7-3-4-8-18)22-16(23)11-5-6-12-13(9-11)15(20)21-10-14(12)19;18-12-8-21-13(22-16(19)20)11-7-9(3-4-10(11)12)14(24)23-17(15(25)26)5-1-2-6-17/h5-6,9-10H,2-4,7-8H2,1H3,(H,25,26)(H4,21,22,23,24);5-6,9-10H,2-4,7-8H2,1H3,(H,22,23);3-4,7-8H,1-2,5-6H2,(H,23,24)(H,25,26)(H4,19,20,21,22). The van der Waals surface area contributed by atoms with Crippen LogP contribution in [-0.4, -0.2) is 97.4 Å². The molecule has 9 rings (SSSR count). The van der Waals surface area contributed by atoms with Crippen molar-refractivity contribution in [2.45, 2.75) is 108 Å². The van der Waals surface area contributed by atoms with Crippen molar-refractivity contribution in [2.75, 3.05) is 13.2 Å². The predicted molar refractivity (Wildman–Crippen MR) is 303 cm³/mol. The van der Waals surface area contributed by atoms with Crippen LogP contribution in [0.25, 0.3) is 32.3 Å². The van der Waals surface area contributed by atoms with E-state index in [-0.39, 0.29) is 65.3 Å². The van der Waals surface area contributed by atoms with E-state index in [4.69, 9.17) is 78.8 Å². The number of nitrogens with zero attached hydrogens (tertiary/aromatic N) is 5. The van der Waals surface area contributed by atoms with Gasteiger partial charge in [0, 0.05) is 67.6 Å². The number of amides is 3. The van der Waals surface area contributed by atoms with Crippen molar-refractivity contribution in [2.24, 2.45) is 32.9 Å². The minimum atomic E-state index is -1.22. The maximum absolute atomic E-state index is 12.9. The summed E-state index contributed by atoms with van der Waals surface area (Å²) in [6, 6.07) is 14.8. The van der Waals surface area contributed by atoms with E-state index in [1.165, 1.54) is 18.6 Å². The number of nitrogens with two attached hydrogens (primary N) is 4. The van der Waals surface area contributed by atoms with Gasteiger partial charge < -0.3 is 53.5 Å². The van der Waals surface area contributed by atoms with Gasteiger partial charge in [-0.05, 0) is 88.8 Å². The number of carbonyl (C=O) groups excluding carboxylic acids is 5. The van der Waals surface area contributed by atoms with Gasteiger partial charge in [-0.2, -0.15) is 9.98 Å². The molecule has 3 heterocycles. The Labute approximate surface area is 473 Å². The molecule has 3 aliphatic rings. The van der Waals surface area contributed by atoms with Gasteiger partial charge in [-0.3, -0.25) is 14.4 Å². The third kappa shape index (κ3) is 13.5. The van der Waals surface area contributed by atoms with Gasteiger partial charge in [0.05, 0.1) is 28.3 Å². The van der Waals surface area contributed by atoms with Gasteiger partial charge in [-0.1, -0.05) is 103 Å². The first-order chi connectivity index (χ1) is 37.6. The van der Waals surface area contributed by atoms with Gasteiger partial charge in [0.1, 0.15) is 21.8 Å². The number of hydrogen-bond acceptors (Lipinski definition) is 13. The van der Waals surface area contributed by atoms with Gasteiger partial charge in [0.25, 0.3) is 17.7 Å². The number of aromatic nitrogens is 3. The molecule has 3 aromatic heterocycles. The first-order valence-electron chi connectivity index (χ1n) is 25.3. The number of guanidine groups is 2. The summed E-state index contributed by atoms with van der Waals surface area (Å²) < 4.78 is 10.4. The number of esters is 2. The van der Waals surface area contributed by atoms with Crippen LogP contribution in [0.1, 0.15) is 122 Å². The summed E-state index contributed by atoms with van der Waals surface area (Å²) in [7, 11) is 0. The van der Waals surface area contributed by atoms with Gasteiger partial charge in [-0.25, -0.2) is 29.3 Å². The molecule has 3 aromatic carbocycles. The molecule has 79 heavy (non-hydrogen) atoms. The Bertz CT molecular complexity index is 3410. The van der Waals surface area contributed by atoms with Crippen LogP contribution in [0.15, 0.2) is 83.2 Å². The maximum atomic E-state index is 12.9. The Morgan fingerprint density at radius 2 is 0.823 bits per heavy atom. The van der Waals surface area contributed by atoms with E-state index in [1.54, 1.807) is 68.4 Å². The second-order valence-corrected chi connectivity index (χ2v) is 20.7. The van der Waals surface area contributed by atoms with Gasteiger partial charge in [0.2, 0.25) is 0 Å². The molecular weight excluding hydrogens is 1100 g/mol. The van der Waals surface area contributed by atoms with Crippen molar-refractivity contribution in [1.29, 1.82) is 0 Å². The highest BCUT2D eigenvalue weighted by Crippen LogP contribution is 2.37. The summed E-state index contributed by atoms with van der Waals surface area (Å²) in [6.07, 6.45) is 12.4. The molecule has 3 fully saturated rings. The molecule has 21 nitrogen and oxygen atoms in total. The van der Waals surface area contributed by atoms with Crippen molar-refractivity contribution in [3.05, 3.63) is 110 Å². The van der Waals surface area contributed by atoms with Crippen molar-refractivity contribution >= 4 is 138 Å². The SMILES string of the molecule is CCOC(=O)C1(NC(=O)c2ccc3c(Cl)cnc(Cl)c3c2)CCCC1.CCOC(=O)C1(NC(=O)c2ccc3c(Cl)cnc(N=C(N)N)c3c2)CCCC1.NC(N)=Nc1ncc(Cl)c2ccc(C(=O)NC3(C(=O)O)CCCC3)cc12. The van der Waals surface area contributed by atoms with E-state index < -0.39 is 34.5 Å². The molecule has 3 aliphatic carbocycles. The number of carboxylic acid groups (broad SMARTS) is 1. The van der Waals surface area contributed by atoms with E-state index >= 15 is 0 Å². The molecule has 0 saturated heterocycles. The molecule has 0 aliphatic heterocycles. The lowest BCUT2D eigenvalue weighted by Crippen LogP contribution is -2.53. The Hall–Kier alpha value is -7.59. The molecule has 0 radical (unpaired) electrons. The number of pyridine rings is 3. The molecule has 3 saturated carbocycles. The van der Waals surface area contributed by atoms with E-state index in [0.717, 1.165) is 43.9 Å². The minimum Gasteiger partial charge on any atom is -0.480 e. The Morgan fingerprint density at radius 1 is 0.506 bits per heavy atom. The van der Waals surface area contributed by atoms with Crippen molar-refractivity contribution in [3.63, 3.8) is 0 Å². The first-order valence-corrected chi connectivity index (χ1v) is 26.8. The zero-order chi connectivity index (χ0) is 57.2. The number of benzene rings is 3. The largest absolute Gasteiger partial charge is 0.480 e. The highest BCUT2D eigenvalue weighted by Gasteiger charge is 2.46. The second kappa shape index (κ2) is 25.5. The topological polar surface area (TPSA) is 345 Å². The molecule has 25 heteroatoms. The minimum absolute atomic E-state index is 0.154. The monoisotopic (exact) mass is 1160 g/mol. The second-order valence-electron chi connectivity index (χ2n) is 19.1. The van der Waals surface area contributed by atoms with Crippen LogP contribution < -0.4 is 38.9 Å². The molecule has 0 unspecified atom stereocenters. The van der Waals surface area contributed by atoms with Crippen molar-refractivity contribution in [1.82, 2.24) is 30.9 Å². The van der Waals surface area contributed by atoms with E-state index in [9.17, 15) is 33.9 Å². The smallest absolute Gasteiger partial charge is 0.331 e. The number of fused-ring (bicyclic) bond motifs is 3. The normalized spacial score (nSPS) is 15.6. The number of nitrogens with one attached hydrogen (secondary N) is 3. The number of carbonyl (C=O) groups is 6. The summed E-state index contributed by atoms with van der Waals surface area (Å²) in [4.78, 5) is 94.9. The summed E-state index contributed by atoms with van der Waals surface area (Å²) >= 11 is 24.6. The van der Waals surface area contributed by atoms with E-state index in [0.29, 0.717) is 91.7 Å². The quantitative estimate of drug-likeness (QED) is 0.0232. The molecule has 0 spiro atoms. The number of rotatable bonds is 13. The fourth-order valence-corrected chi connectivity index (χ4v) is 10.8. The van der Waals surface area contributed by atoms with Crippen LogP contribution in [0.5, 0.6) is 0 Å². The third-order valence-corrected chi connectivity index (χ3v) is 15.1. The third-order valence-electron chi connectivity index (χ3n) is 13.9. The van der Waals surface area contributed by atoms with Crippen LogP contribution in [0.2, 0.25) is 20.2 Å². The Kier molecular flexibility index (Phi) is 19.0.